The second kappa shape index (κ2) is 8.06. The van der Waals surface area contributed by atoms with Gasteiger partial charge in [0.2, 0.25) is 0 Å². The lowest BCUT2D eigenvalue weighted by atomic mass is 10.1. The molecule has 0 spiro atoms. The zero-order chi connectivity index (χ0) is 22.1. The van der Waals surface area contributed by atoms with Crippen molar-refractivity contribution in [2.45, 2.75) is 13.5 Å². The number of nitrogens with one attached hydrogen (secondary N) is 1. The summed E-state index contributed by atoms with van der Waals surface area (Å²) in [5.41, 5.74) is 0.660. The highest BCUT2D eigenvalue weighted by molar-refractivity contribution is 6.13. The summed E-state index contributed by atoms with van der Waals surface area (Å²) in [6.07, 6.45) is 1.53. The quantitative estimate of drug-likeness (QED) is 0.512. The van der Waals surface area contributed by atoms with E-state index in [1.807, 2.05) is 0 Å². The first-order valence-corrected chi connectivity index (χ1v) is 9.39. The smallest absolute Gasteiger partial charge is 0.262 e. The molecule has 0 fully saturated rings. The number of aromatic nitrogens is 1. The molecule has 2 aromatic carbocycles. The van der Waals surface area contributed by atoms with Crippen molar-refractivity contribution in [2.24, 2.45) is 0 Å². The van der Waals surface area contributed by atoms with E-state index in [0.29, 0.717) is 5.56 Å². The number of anilines is 1. The monoisotopic (exact) mass is 424 g/mol. The summed E-state index contributed by atoms with van der Waals surface area (Å²) >= 11 is 0. The molecule has 0 saturated heterocycles. The fourth-order valence-electron chi connectivity index (χ4n) is 3.43. The van der Waals surface area contributed by atoms with Crippen LogP contribution < -0.4 is 15.6 Å². The zero-order valence-electron chi connectivity index (χ0n) is 16.7. The van der Waals surface area contributed by atoms with Crippen LogP contribution in [0.4, 0.5) is 14.5 Å². The second-order valence-corrected chi connectivity index (χ2v) is 6.95. The highest BCUT2D eigenvalue weighted by Crippen LogP contribution is 2.25. The number of rotatable bonds is 5. The lowest BCUT2D eigenvalue weighted by Crippen LogP contribution is -2.22. The first-order valence-electron chi connectivity index (χ1n) is 9.39. The van der Waals surface area contributed by atoms with Gasteiger partial charge in [0.1, 0.15) is 17.2 Å². The number of pyridine rings is 1. The first kappa shape index (κ1) is 20.3. The van der Waals surface area contributed by atoms with Gasteiger partial charge in [0.25, 0.3) is 11.5 Å². The van der Waals surface area contributed by atoms with Crippen molar-refractivity contribution < 1.29 is 22.7 Å². The lowest BCUT2D eigenvalue weighted by Gasteiger charge is -2.08. The number of ether oxygens (including phenoxy) is 1. The van der Waals surface area contributed by atoms with Crippen LogP contribution in [0.15, 0.2) is 63.9 Å². The zero-order valence-corrected chi connectivity index (χ0v) is 16.7. The molecule has 8 heteroatoms. The van der Waals surface area contributed by atoms with Crippen LogP contribution in [-0.2, 0) is 6.54 Å². The molecular formula is C23H18F2N2O4. The van der Waals surface area contributed by atoms with Gasteiger partial charge >= 0.3 is 0 Å². The fourth-order valence-corrected chi connectivity index (χ4v) is 3.43. The number of aryl methyl sites for hydroxylation is 1. The number of furan rings is 1. The van der Waals surface area contributed by atoms with E-state index in [0.717, 1.165) is 6.07 Å². The first-order chi connectivity index (χ1) is 14.9. The predicted molar refractivity (Wildman–Crippen MR) is 112 cm³/mol. The van der Waals surface area contributed by atoms with Gasteiger partial charge in [-0.25, -0.2) is 8.78 Å². The maximum absolute atomic E-state index is 14.0. The summed E-state index contributed by atoms with van der Waals surface area (Å²) in [6.45, 7) is 1.70. The minimum Gasteiger partial charge on any atom is -0.494 e. The Bertz CT molecular complexity index is 1360. The molecule has 0 unspecified atom stereocenters. The molecule has 0 saturated carbocycles. The SMILES string of the molecule is COc1ccc(NC(=O)c2c(C)oc3ccn(Cc4cccc(F)c4)c(=O)c23)cc1F. The highest BCUT2D eigenvalue weighted by atomic mass is 19.1. The lowest BCUT2D eigenvalue weighted by molar-refractivity contribution is 0.102. The van der Waals surface area contributed by atoms with Crippen LogP contribution in [0.25, 0.3) is 11.0 Å². The van der Waals surface area contributed by atoms with Gasteiger partial charge in [-0.3, -0.25) is 9.59 Å². The van der Waals surface area contributed by atoms with E-state index in [2.05, 4.69) is 5.32 Å². The molecule has 6 nitrogen and oxygen atoms in total. The number of halogens is 2. The Morgan fingerprint density at radius 3 is 2.68 bits per heavy atom. The van der Waals surface area contributed by atoms with Crippen LogP contribution in [0.2, 0.25) is 0 Å². The van der Waals surface area contributed by atoms with Crippen molar-refractivity contribution in [1.82, 2.24) is 4.57 Å². The number of hydrogen-bond acceptors (Lipinski definition) is 4. The van der Waals surface area contributed by atoms with Crippen molar-refractivity contribution in [3.8, 4) is 5.75 Å². The molecule has 4 aromatic rings. The average molecular weight is 424 g/mol. The highest BCUT2D eigenvalue weighted by Gasteiger charge is 2.22. The van der Waals surface area contributed by atoms with Crippen molar-refractivity contribution in [3.63, 3.8) is 0 Å². The van der Waals surface area contributed by atoms with Crippen molar-refractivity contribution in [3.05, 3.63) is 93.6 Å². The molecule has 4 rings (SSSR count). The van der Waals surface area contributed by atoms with E-state index in [1.165, 1.54) is 42.1 Å². The van der Waals surface area contributed by atoms with Gasteiger partial charge in [0.05, 0.1) is 24.6 Å². The van der Waals surface area contributed by atoms with Gasteiger partial charge < -0.3 is 19.0 Å². The Morgan fingerprint density at radius 2 is 1.97 bits per heavy atom. The average Bonchev–Trinajstić information content (AvgIpc) is 3.07. The number of methoxy groups -OCH3 is 1. The Morgan fingerprint density at radius 1 is 1.16 bits per heavy atom. The molecule has 0 aliphatic carbocycles. The van der Waals surface area contributed by atoms with Crippen molar-refractivity contribution >= 4 is 22.6 Å². The molecule has 158 valence electrons. The summed E-state index contributed by atoms with van der Waals surface area (Å²) in [7, 11) is 1.34. The summed E-state index contributed by atoms with van der Waals surface area (Å²) in [4.78, 5) is 26.0. The number of nitrogens with zero attached hydrogens (tertiary/aromatic N) is 1. The molecule has 0 bridgehead atoms. The second-order valence-electron chi connectivity index (χ2n) is 6.95. The van der Waals surface area contributed by atoms with Gasteiger partial charge in [0, 0.05) is 18.0 Å². The van der Waals surface area contributed by atoms with Crippen LogP contribution >= 0.6 is 0 Å². The number of benzene rings is 2. The Balaban J connectivity index is 1.72. The van der Waals surface area contributed by atoms with Gasteiger partial charge in [0.15, 0.2) is 11.6 Å². The minimum atomic E-state index is -0.633. The largest absolute Gasteiger partial charge is 0.494 e. The van der Waals surface area contributed by atoms with Gasteiger partial charge in [-0.2, -0.15) is 0 Å². The number of carbonyl (C=O) groups is 1. The van der Waals surface area contributed by atoms with Gasteiger partial charge in [-0.1, -0.05) is 12.1 Å². The topological polar surface area (TPSA) is 73.5 Å². The molecule has 0 atom stereocenters. The summed E-state index contributed by atoms with van der Waals surface area (Å²) < 4.78 is 39.3. The Hall–Kier alpha value is -3.94. The number of fused-ring (bicyclic) bond motifs is 1. The van der Waals surface area contributed by atoms with Gasteiger partial charge in [-0.05, 0) is 42.8 Å². The van der Waals surface area contributed by atoms with E-state index in [4.69, 9.17) is 9.15 Å². The van der Waals surface area contributed by atoms with Crippen molar-refractivity contribution in [2.75, 3.05) is 12.4 Å². The number of hydrogen-bond donors (Lipinski definition) is 1. The Labute approximate surface area is 175 Å². The molecule has 1 amide bonds. The Kier molecular flexibility index (Phi) is 5.29. The molecule has 0 aliphatic heterocycles. The standard InChI is InChI=1S/C23H18F2N2O4/c1-13-20(22(28)26-16-6-7-18(30-2)17(25)11-16)21-19(31-13)8-9-27(23(21)29)12-14-4-3-5-15(24)10-14/h3-11H,12H2,1-2H3,(H,26,28). The third kappa shape index (κ3) is 3.92. The van der Waals surface area contributed by atoms with Crippen LogP contribution in [0.3, 0.4) is 0 Å². The summed E-state index contributed by atoms with van der Waals surface area (Å²) in [6, 6.07) is 11.5. The number of carbonyl (C=O) groups excluding carboxylic acids is 1. The van der Waals surface area contributed by atoms with Crippen LogP contribution in [0.1, 0.15) is 21.7 Å². The maximum atomic E-state index is 14.0. The van der Waals surface area contributed by atoms with E-state index in [1.54, 1.807) is 25.1 Å². The molecule has 31 heavy (non-hydrogen) atoms. The molecular weight excluding hydrogens is 406 g/mol. The van der Waals surface area contributed by atoms with Crippen molar-refractivity contribution in [1.29, 1.82) is 0 Å². The van der Waals surface area contributed by atoms with Crippen LogP contribution in [0, 0.1) is 18.6 Å². The molecule has 2 heterocycles. The van der Waals surface area contributed by atoms with Gasteiger partial charge in [-0.15, -0.1) is 0 Å². The normalized spacial score (nSPS) is 11.0. The summed E-state index contributed by atoms with van der Waals surface area (Å²) in [5, 5.41) is 2.68. The maximum Gasteiger partial charge on any atom is 0.262 e. The van der Waals surface area contributed by atoms with Crippen LogP contribution in [0.5, 0.6) is 5.75 Å². The molecule has 0 aliphatic rings. The number of amides is 1. The summed E-state index contributed by atoms with van der Waals surface area (Å²) in [5.74, 6) is -1.35. The minimum absolute atomic E-state index is 0.0446. The molecule has 2 aromatic heterocycles. The molecule has 1 N–H and O–H groups in total. The van der Waals surface area contributed by atoms with E-state index < -0.39 is 23.1 Å². The van der Waals surface area contributed by atoms with E-state index >= 15 is 0 Å². The van der Waals surface area contributed by atoms with E-state index in [-0.39, 0.29) is 40.3 Å². The third-order valence-corrected chi connectivity index (χ3v) is 4.87. The predicted octanol–water partition coefficient (Wildman–Crippen LogP) is 4.49. The third-order valence-electron chi connectivity index (χ3n) is 4.87. The molecule has 0 radical (unpaired) electrons. The van der Waals surface area contributed by atoms with Crippen LogP contribution in [-0.4, -0.2) is 17.6 Å². The van der Waals surface area contributed by atoms with E-state index in [9.17, 15) is 18.4 Å². The fraction of sp³-hybridized carbons (Fsp3) is 0.130.